The Kier molecular flexibility index (Phi) is 4.21. The van der Waals surface area contributed by atoms with Gasteiger partial charge in [-0.1, -0.05) is 6.92 Å². The van der Waals surface area contributed by atoms with Crippen LogP contribution in [-0.2, 0) is 0 Å². The molecule has 0 radical (unpaired) electrons. The first-order valence-corrected chi connectivity index (χ1v) is 7.03. The molecule has 0 spiro atoms. The summed E-state index contributed by atoms with van der Waals surface area (Å²) >= 11 is 2.28. The van der Waals surface area contributed by atoms with Crippen molar-refractivity contribution in [2.24, 2.45) is 0 Å². The highest BCUT2D eigenvalue weighted by atomic mass is 127. The van der Waals surface area contributed by atoms with E-state index in [0.717, 1.165) is 45.2 Å². The summed E-state index contributed by atoms with van der Waals surface area (Å²) in [4.78, 5) is 9.11. The Labute approximate surface area is 120 Å². The molecular weight excluding hydrogens is 341 g/mol. The van der Waals surface area contributed by atoms with Gasteiger partial charge in [0.2, 0.25) is 0 Å². The van der Waals surface area contributed by atoms with Gasteiger partial charge < -0.3 is 9.73 Å². The van der Waals surface area contributed by atoms with Gasteiger partial charge in [-0.3, -0.25) is 0 Å². The molecule has 0 aromatic carbocycles. The summed E-state index contributed by atoms with van der Waals surface area (Å²) in [6.07, 6.45) is 2.74. The third-order valence-corrected chi connectivity index (χ3v) is 3.95. The second kappa shape index (κ2) is 5.69. The minimum Gasteiger partial charge on any atom is -0.469 e. The monoisotopic (exact) mass is 357 g/mol. The molecule has 4 nitrogen and oxygen atoms in total. The fourth-order valence-corrected chi connectivity index (χ4v) is 2.09. The minimum absolute atomic E-state index is 0.720. The highest BCUT2D eigenvalue weighted by Crippen LogP contribution is 2.26. The third-order valence-electron chi connectivity index (χ3n) is 2.66. The zero-order chi connectivity index (χ0) is 13.1. The highest BCUT2D eigenvalue weighted by molar-refractivity contribution is 14.1. The fraction of sp³-hybridized carbons (Fsp3) is 0.385. The summed E-state index contributed by atoms with van der Waals surface area (Å²) in [5.74, 6) is 2.47. The molecule has 0 saturated carbocycles. The second-order valence-electron chi connectivity index (χ2n) is 4.11. The van der Waals surface area contributed by atoms with Crippen LogP contribution in [0.2, 0.25) is 0 Å². The number of hydrogen-bond donors (Lipinski definition) is 1. The predicted molar refractivity (Wildman–Crippen MR) is 80.7 cm³/mol. The number of nitrogens with zero attached hydrogens (tertiary/aromatic N) is 2. The molecule has 0 unspecified atom stereocenters. The molecule has 96 valence electrons. The maximum absolute atomic E-state index is 5.31. The predicted octanol–water partition coefficient (Wildman–Crippen LogP) is 3.78. The molecule has 2 aromatic rings. The molecule has 5 heteroatoms. The van der Waals surface area contributed by atoms with Crippen LogP contribution in [0.1, 0.15) is 24.8 Å². The van der Waals surface area contributed by atoms with Gasteiger partial charge in [0.25, 0.3) is 0 Å². The standard InChI is InChI=1S/C13H16IN3O/c1-4-6-15-13-11(14)8(2)16-12(17-13)10-5-7-18-9(10)3/h5,7H,4,6H2,1-3H3,(H,15,16,17). The van der Waals surface area contributed by atoms with E-state index in [0.29, 0.717) is 0 Å². The largest absolute Gasteiger partial charge is 0.469 e. The maximum Gasteiger partial charge on any atom is 0.165 e. The molecule has 2 heterocycles. The number of anilines is 1. The van der Waals surface area contributed by atoms with Gasteiger partial charge >= 0.3 is 0 Å². The number of nitrogens with one attached hydrogen (secondary N) is 1. The maximum atomic E-state index is 5.31. The Morgan fingerprint density at radius 1 is 1.33 bits per heavy atom. The van der Waals surface area contributed by atoms with Crippen LogP contribution < -0.4 is 5.32 Å². The summed E-state index contributed by atoms with van der Waals surface area (Å²) in [7, 11) is 0. The Morgan fingerprint density at radius 2 is 2.11 bits per heavy atom. The van der Waals surface area contributed by atoms with Crippen LogP contribution in [0.25, 0.3) is 11.4 Å². The number of hydrogen-bond acceptors (Lipinski definition) is 4. The smallest absolute Gasteiger partial charge is 0.165 e. The van der Waals surface area contributed by atoms with Crippen LogP contribution in [0.4, 0.5) is 5.82 Å². The number of aromatic nitrogens is 2. The van der Waals surface area contributed by atoms with Crippen molar-refractivity contribution in [3.05, 3.63) is 27.4 Å². The van der Waals surface area contributed by atoms with E-state index in [9.17, 15) is 0 Å². The molecular formula is C13H16IN3O. The van der Waals surface area contributed by atoms with Crippen molar-refractivity contribution in [2.75, 3.05) is 11.9 Å². The molecule has 0 fully saturated rings. The Morgan fingerprint density at radius 3 is 2.72 bits per heavy atom. The van der Waals surface area contributed by atoms with Gasteiger partial charge in [-0.15, -0.1) is 0 Å². The van der Waals surface area contributed by atoms with Crippen molar-refractivity contribution >= 4 is 28.4 Å². The number of furan rings is 1. The van der Waals surface area contributed by atoms with Crippen LogP contribution in [0.15, 0.2) is 16.7 Å². The third kappa shape index (κ3) is 2.66. The quantitative estimate of drug-likeness (QED) is 0.847. The lowest BCUT2D eigenvalue weighted by Crippen LogP contribution is -2.07. The Hall–Kier alpha value is -1.11. The average Bonchev–Trinajstić information content (AvgIpc) is 2.77. The van der Waals surface area contributed by atoms with E-state index in [1.54, 1.807) is 6.26 Å². The first-order chi connectivity index (χ1) is 8.63. The molecule has 0 bridgehead atoms. The lowest BCUT2D eigenvalue weighted by Gasteiger charge is -2.10. The van der Waals surface area contributed by atoms with E-state index in [1.165, 1.54) is 0 Å². The summed E-state index contributed by atoms with van der Waals surface area (Å²) in [6.45, 7) is 6.97. The van der Waals surface area contributed by atoms with E-state index < -0.39 is 0 Å². The fourth-order valence-electron chi connectivity index (χ4n) is 1.66. The van der Waals surface area contributed by atoms with Crippen molar-refractivity contribution in [3.8, 4) is 11.4 Å². The Balaban J connectivity index is 2.44. The number of halogens is 1. The molecule has 0 aliphatic carbocycles. The van der Waals surface area contributed by atoms with E-state index in [4.69, 9.17) is 4.42 Å². The Bertz CT molecular complexity index is 551. The van der Waals surface area contributed by atoms with E-state index in [1.807, 2.05) is 19.9 Å². The average molecular weight is 357 g/mol. The van der Waals surface area contributed by atoms with Gasteiger partial charge in [-0.25, -0.2) is 9.97 Å². The zero-order valence-corrected chi connectivity index (χ0v) is 12.9. The zero-order valence-electron chi connectivity index (χ0n) is 10.7. The van der Waals surface area contributed by atoms with Crippen molar-refractivity contribution in [1.82, 2.24) is 9.97 Å². The van der Waals surface area contributed by atoms with Crippen LogP contribution in [0, 0.1) is 17.4 Å². The summed E-state index contributed by atoms with van der Waals surface area (Å²) in [5.41, 5.74) is 1.94. The van der Waals surface area contributed by atoms with Crippen LogP contribution in [-0.4, -0.2) is 16.5 Å². The van der Waals surface area contributed by atoms with Crippen molar-refractivity contribution < 1.29 is 4.42 Å². The molecule has 2 rings (SSSR count). The molecule has 18 heavy (non-hydrogen) atoms. The second-order valence-corrected chi connectivity index (χ2v) is 5.19. The van der Waals surface area contributed by atoms with Gasteiger partial charge in [0, 0.05) is 6.54 Å². The first kappa shape index (κ1) is 13.3. The SMILES string of the molecule is CCCNc1nc(-c2ccoc2C)nc(C)c1I. The summed E-state index contributed by atoms with van der Waals surface area (Å²) < 4.78 is 6.38. The number of rotatable bonds is 4. The van der Waals surface area contributed by atoms with E-state index in [-0.39, 0.29) is 0 Å². The van der Waals surface area contributed by atoms with Crippen molar-refractivity contribution in [1.29, 1.82) is 0 Å². The molecule has 0 aliphatic heterocycles. The normalized spacial score (nSPS) is 10.7. The summed E-state index contributed by atoms with van der Waals surface area (Å²) in [5, 5.41) is 3.34. The van der Waals surface area contributed by atoms with Gasteiger partial charge in [0.15, 0.2) is 5.82 Å². The van der Waals surface area contributed by atoms with E-state index in [2.05, 4.69) is 44.8 Å². The molecule has 1 N–H and O–H groups in total. The lowest BCUT2D eigenvalue weighted by atomic mass is 10.2. The number of aryl methyl sites for hydroxylation is 2. The topological polar surface area (TPSA) is 51.0 Å². The molecule has 0 saturated heterocycles. The van der Waals surface area contributed by atoms with E-state index >= 15 is 0 Å². The molecule has 0 amide bonds. The van der Waals surface area contributed by atoms with Gasteiger partial charge in [-0.05, 0) is 48.9 Å². The molecule has 0 aliphatic rings. The van der Waals surface area contributed by atoms with Crippen molar-refractivity contribution in [2.45, 2.75) is 27.2 Å². The molecule has 2 aromatic heterocycles. The van der Waals surface area contributed by atoms with Gasteiger partial charge in [-0.2, -0.15) is 0 Å². The highest BCUT2D eigenvalue weighted by Gasteiger charge is 2.13. The van der Waals surface area contributed by atoms with Crippen molar-refractivity contribution in [3.63, 3.8) is 0 Å². The van der Waals surface area contributed by atoms with Crippen LogP contribution in [0.5, 0.6) is 0 Å². The first-order valence-electron chi connectivity index (χ1n) is 5.96. The van der Waals surface area contributed by atoms with Gasteiger partial charge in [0.05, 0.1) is 21.1 Å². The van der Waals surface area contributed by atoms with Crippen LogP contribution >= 0.6 is 22.6 Å². The van der Waals surface area contributed by atoms with Crippen LogP contribution in [0.3, 0.4) is 0 Å². The summed E-state index contributed by atoms with van der Waals surface area (Å²) in [6, 6.07) is 1.90. The van der Waals surface area contributed by atoms with Gasteiger partial charge in [0.1, 0.15) is 11.6 Å². The minimum atomic E-state index is 0.720. The molecule has 0 atom stereocenters. The lowest BCUT2D eigenvalue weighted by molar-refractivity contribution is 0.535.